The third-order valence-electron chi connectivity index (χ3n) is 8.44. The Morgan fingerprint density at radius 3 is 2.83 bits per heavy atom. The number of aromatic nitrogens is 3. The highest BCUT2D eigenvalue weighted by Gasteiger charge is 2.25. The number of benzene rings is 2. The molecule has 214 valence electrons. The second kappa shape index (κ2) is 10.9. The van der Waals surface area contributed by atoms with Gasteiger partial charge in [0.15, 0.2) is 0 Å². The average Bonchev–Trinajstić information content (AvgIpc) is 3.57. The number of nitrogens with one attached hydrogen (secondary N) is 1. The van der Waals surface area contributed by atoms with Gasteiger partial charge in [0.1, 0.15) is 11.3 Å². The van der Waals surface area contributed by atoms with E-state index in [1.165, 1.54) is 37.2 Å². The van der Waals surface area contributed by atoms with E-state index in [4.69, 9.17) is 20.2 Å². The fourth-order valence-corrected chi connectivity index (χ4v) is 6.28. The topological polar surface area (TPSA) is 111 Å². The van der Waals surface area contributed by atoms with E-state index >= 15 is 0 Å². The van der Waals surface area contributed by atoms with E-state index in [-0.39, 0.29) is 0 Å². The Bertz CT molecular complexity index is 1620. The van der Waals surface area contributed by atoms with Gasteiger partial charge in [-0.3, -0.25) is 0 Å². The Labute approximate surface area is 240 Å². The standard InChI is InChI=1S/C31H37N7O3/c1-36-12-7-10-20(36)17-37(2)26-15-27(40-3)25(14-24(26)32)34-31-33-16-22(30(39)41-4)28(35-31)23-18-38-13-6-9-19-8-5-11-21(23)29(19)38/h5,8,11,14-16,18,20H,6-7,9-10,12-13,17,32H2,1-4H3,(H,33,34,35). The number of likely N-dealkylation sites (N-methyl/N-ethyl adjacent to an activating group) is 2. The van der Waals surface area contributed by atoms with Crippen LogP contribution in [0.1, 0.15) is 35.2 Å². The number of para-hydroxylation sites is 1. The number of aryl methyl sites for hydroxylation is 2. The lowest BCUT2D eigenvalue weighted by atomic mass is 10.0. The van der Waals surface area contributed by atoms with Crippen molar-refractivity contribution in [3.63, 3.8) is 0 Å². The van der Waals surface area contributed by atoms with Gasteiger partial charge in [0.05, 0.1) is 42.5 Å². The van der Waals surface area contributed by atoms with Crippen molar-refractivity contribution in [1.29, 1.82) is 0 Å². The molecular formula is C31H37N7O3. The molecule has 10 nitrogen and oxygen atoms in total. The molecule has 1 fully saturated rings. The number of likely N-dealkylation sites (tertiary alicyclic amines) is 1. The minimum Gasteiger partial charge on any atom is -0.494 e. The number of methoxy groups -OCH3 is 2. The van der Waals surface area contributed by atoms with E-state index in [1.54, 1.807) is 7.11 Å². The van der Waals surface area contributed by atoms with E-state index in [0.717, 1.165) is 49.1 Å². The maximum absolute atomic E-state index is 12.8. The zero-order valence-electron chi connectivity index (χ0n) is 24.1. The molecule has 2 aliphatic heterocycles. The highest BCUT2D eigenvalue weighted by molar-refractivity contribution is 6.03. The average molecular weight is 556 g/mol. The maximum Gasteiger partial charge on any atom is 0.341 e. The van der Waals surface area contributed by atoms with Crippen LogP contribution in [0.15, 0.2) is 42.7 Å². The van der Waals surface area contributed by atoms with Gasteiger partial charge >= 0.3 is 5.97 Å². The maximum atomic E-state index is 12.8. The highest BCUT2D eigenvalue weighted by Crippen LogP contribution is 2.39. The largest absolute Gasteiger partial charge is 0.494 e. The Morgan fingerprint density at radius 1 is 1.22 bits per heavy atom. The first-order valence-electron chi connectivity index (χ1n) is 14.1. The van der Waals surface area contributed by atoms with Crippen LogP contribution in [0, 0.1) is 0 Å². The predicted octanol–water partition coefficient (Wildman–Crippen LogP) is 4.70. The molecule has 1 unspecified atom stereocenters. The van der Waals surface area contributed by atoms with E-state index < -0.39 is 5.97 Å². The number of rotatable bonds is 8. The number of anilines is 4. The minimum atomic E-state index is -0.486. The van der Waals surface area contributed by atoms with Gasteiger partial charge < -0.3 is 34.9 Å². The van der Waals surface area contributed by atoms with Crippen molar-refractivity contribution in [3.8, 4) is 17.0 Å². The number of nitrogens with two attached hydrogens (primary N) is 1. The fraction of sp³-hybridized carbons (Fsp3) is 0.387. The SMILES string of the molecule is COC(=O)c1cnc(Nc2cc(N)c(N(C)CC3CCCN3C)cc2OC)nc1-c1cn2c3c(cccc13)CCC2. The third-order valence-corrected chi connectivity index (χ3v) is 8.44. The molecule has 0 spiro atoms. The molecule has 2 aromatic carbocycles. The number of nitrogens with zero attached hydrogens (tertiary/aromatic N) is 5. The van der Waals surface area contributed by atoms with Crippen LogP contribution in [0.4, 0.5) is 23.0 Å². The summed E-state index contributed by atoms with van der Waals surface area (Å²) in [7, 11) is 7.23. The lowest BCUT2D eigenvalue weighted by molar-refractivity contribution is 0.0601. The summed E-state index contributed by atoms with van der Waals surface area (Å²) >= 11 is 0. The van der Waals surface area contributed by atoms with Crippen LogP contribution in [0.25, 0.3) is 22.2 Å². The Morgan fingerprint density at radius 2 is 2.07 bits per heavy atom. The monoisotopic (exact) mass is 555 g/mol. The molecule has 0 aliphatic carbocycles. The molecular weight excluding hydrogens is 518 g/mol. The molecule has 4 heterocycles. The summed E-state index contributed by atoms with van der Waals surface area (Å²) in [5.41, 5.74) is 12.9. The molecule has 3 N–H and O–H groups in total. The summed E-state index contributed by atoms with van der Waals surface area (Å²) in [6, 6.07) is 10.6. The highest BCUT2D eigenvalue weighted by atomic mass is 16.5. The van der Waals surface area contributed by atoms with Crippen LogP contribution >= 0.6 is 0 Å². The van der Waals surface area contributed by atoms with E-state index in [1.807, 2.05) is 12.1 Å². The normalized spacial score (nSPS) is 16.6. The molecule has 1 saturated heterocycles. The van der Waals surface area contributed by atoms with E-state index in [0.29, 0.717) is 40.4 Å². The molecule has 1 atom stereocenters. The number of nitrogen functional groups attached to an aromatic ring is 1. The van der Waals surface area contributed by atoms with Gasteiger partial charge in [-0.25, -0.2) is 14.8 Å². The second-order valence-electron chi connectivity index (χ2n) is 11.0. The van der Waals surface area contributed by atoms with Gasteiger partial charge in [-0.1, -0.05) is 18.2 Å². The van der Waals surface area contributed by atoms with Crippen molar-refractivity contribution in [1.82, 2.24) is 19.4 Å². The summed E-state index contributed by atoms with van der Waals surface area (Å²) in [4.78, 5) is 26.7. The number of esters is 1. The molecule has 4 aromatic rings. The molecule has 2 aliphatic rings. The first kappa shape index (κ1) is 26.9. The van der Waals surface area contributed by atoms with Gasteiger partial charge in [0.2, 0.25) is 5.95 Å². The van der Waals surface area contributed by atoms with Crippen LogP contribution in [0.3, 0.4) is 0 Å². The summed E-state index contributed by atoms with van der Waals surface area (Å²) in [5, 5.41) is 4.34. The van der Waals surface area contributed by atoms with Crippen LogP contribution in [0.5, 0.6) is 5.75 Å². The van der Waals surface area contributed by atoms with Gasteiger partial charge in [-0.2, -0.15) is 0 Å². The lowest BCUT2D eigenvalue weighted by Gasteiger charge is -2.29. The fourth-order valence-electron chi connectivity index (χ4n) is 6.28. The molecule has 0 amide bonds. The summed E-state index contributed by atoms with van der Waals surface area (Å²) < 4.78 is 13.1. The van der Waals surface area contributed by atoms with Gasteiger partial charge in [0, 0.05) is 55.6 Å². The molecule has 0 bridgehead atoms. The summed E-state index contributed by atoms with van der Waals surface area (Å²) in [5.74, 6) is 0.460. The van der Waals surface area contributed by atoms with Crippen molar-refractivity contribution in [2.75, 3.05) is 57.4 Å². The first-order chi connectivity index (χ1) is 19.9. The Hall–Kier alpha value is -4.31. The van der Waals surface area contributed by atoms with Crippen molar-refractivity contribution < 1.29 is 14.3 Å². The summed E-state index contributed by atoms with van der Waals surface area (Å²) in [6.07, 6.45) is 8.10. The predicted molar refractivity (Wildman–Crippen MR) is 162 cm³/mol. The van der Waals surface area contributed by atoms with E-state index in [2.05, 4.69) is 63.2 Å². The molecule has 0 radical (unpaired) electrons. The van der Waals surface area contributed by atoms with Crippen molar-refractivity contribution in [2.24, 2.45) is 0 Å². The molecule has 0 saturated carbocycles. The van der Waals surface area contributed by atoms with Crippen LogP contribution in [-0.4, -0.2) is 72.9 Å². The summed E-state index contributed by atoms with van der Waals surface area (Å²) in [6.45, 7) is 2.93. The van der Waals surface area contributed by atoms with Crippen LogP contribution in [-0.2, 0) is 17.7 Å². The van der Waals surface area contributed by atoms with Gasteiger partial charge in [-0.15, -0.1) is 0 Å². The number of hydrogen-bond acceptors (Lipinski definition) is 9. The number of carbonyl (C=O) groups excluding carboxylic acids is 1. The van der Waals surface area contributed by atoms with Crippen molar-refractivity contribution in [2.45, 2.75) is 38.3 Å². The molecule has 2 aromatic heterocycles. The van der Waals surface area contributed by atoms with Gasteiger partial charge in [0.25, 0.3) is 0 Å². The molecule has 6 rings (SSSR count). The van der Waals surface area contributed by atoms with E-state index in [9.17, 15) is 4.79 Å². The van der Waals surface area contributed by atoms with Crippen molar-refractivity contribution in [3.05, 3.63) is 53.9 Å². The number of ether oxygens (including phenoxy) is 2. The zero-order valence-corrected chi connectivity index (χ0v) is 24.1. The molecule has 41 heavy (non-hydrogen) atoms. The Balaban J connectivity index is 1.36. The first-order valence-corrected chi connectivity index (χ1v) is 14.1. The Kier molecular flexibility index (Phi) is 7.17. The smallest absolute Gasteiger partial charge is 0.341 e. The minimum absolute atomic E-state index is 0.307. The van der Waals surface area contributed by atoms with Crippen molar-refractivity contribution >= 4 is 39.9 Å². The zero-order chi connectivity index (χ0) is 28.7. The third kappa shape index (κ3) is 4.93. The number of hydrogen-bond donors (Lipinski definition) is 2. The van der Waals surface area contributed by atoms with Crippen LogP contribution < -0.4 is 20.7 Å². The molecule has 10 heteroatoms. The van der Waals surface area contributed by atoms with Crippen LogP contribution in [0.2, 0.25) is 0 Å². The number of carbonyl (C=O) groups is 1. The quantitative estimate of drug-likeness (QED) is 0.236. The lowest BCUT2D eigenvalue weighted by Crippen LogP contribution is -2.36. The second-order valence-corrected chi connectivity index (χ2v) is 11.0. The van der Waals surface area contributed by atoms with Gasteiger partial charge in [-0.05, 0) is 50.9 Å².